The van der Waals surface area contributed by atoms with E-state index in [1.54, 1.807) is 6.92 Å². The fourth-order valence-corrected chi connectivity index (χ4v) is 7.51. The van der Waals surface area contributed by atoms with Gasteiger partial charge in [-0.15, -0.1) is 12.4 Å². The minimum Gasteiger partial charge on any atom is -0.370 e. The number of likely N-dealkylation sites (tertiary alicyclic amines) is 1. The number of hydrogen-bond donors (Lipinski definition) is 4. The summed E-state index contributed by atoms with van der Waals surface area (Å²) in [5.41, 5.74) is 16.7. The van der Waals surface area contributed by atoms with Crippen molar-refractivity contribution >= 4 is 30.1 Å². The van der Waals surface area contributed by atoms with E-state index < -0.39 is 5.91 Å². The molecule has 0 radical (unpaired) electrons. The van der Waals surface area contributed by atoms with Crippen molar-refractivity contribution in [1.29, 1.82) is 0 Å². The Balaban J connectivity index is 0.00000438. The molecule has 9 nitrogen and oxygen atoms in total. The van der Waals surface area contributed by atoms with Crippen LogP contribution in [0.4, 0.5) is 0 Å². The monoisotopic (exact) mass is 1800 g/mol. The summed E-state index contributed by atoms with van der Waals surface area (Å²) in [6, 6.07) is 20.5. The molecule has 7 N–H and O–H groups in total. The molecule has 632 valence electrons. The lowest BCUT2D eigenvalue weighted by Crippen LogP contribution is -2.57. The maximum atomic E-state index is 11.8. The molecule has 2 aliphatic rings. The van der Waals surface area contributed by atoms with Crippen LogP contribution in [0.3, 0.4) is 0 Å². The average Bonchev–Trinajstić information content (AvgIpc) is 1.63. The third kappa shape index (κ3) is 85.4. The second-order valence-electron chi connectivity index (χ2n) is 22.5. The first-order valence-corrected chi connectivity index (χ1v) is 39.1. The summed E-state index contributed by atoms with van der Waals surface area (Å²) in [5.74, 6) is 256. The summed E-state index contributed by atoms with van der Waals surface area (Å²) in [5, 5.41) is 3.22. The van der Waals surface area contributed by atoms with E-state index in [1.165, 1.54) is 11.1 Å². The van der Waals surface area contributed by atoms with Crippen molar-refractivity contribution in [3.63, 3.8) is 0 Å². The van der Waals surface area contributed by atoms with Crippen molar-refractivity contribution in [2.45, 2.75) is 64.6 Å². The van der Waals surface area contributed by atoms with Gasteiger partial charge in [-0.05, 0) is 146 Å². The number of halogens is 1. The zero-order chi connectivity index (χ0) is 101. The normalized spacial score (nSPS) is 7.25. The number of nitrogens with two attached hydrogens (primary N) is 3. The summed E-state index contributed by atoms with van der Waals surface area (Å²) >= 11 is 0. The average molecular weight is 1800 g/mol. The molecule has 0 aliphatic carbocycles. The molecule has 142 heavy (non-hydrogen) atoms. The Morgan fingerprint density at radius 1 is 0.289 bits per heavy atom. The van der Waals surface area contributed by atoms with E-state index in [0.29, 0.717) is 13.0 Å². The van der Waals surface area contributed by atoms with Crippen LogP contribution >= 0.6 is 12.4 Å². The summed E-state index contributed by atoms with van der Waals surface area (Å²) in [6.45, 7) is 7.03. The van der Waals surface area contributed by atoms with Crippen LogP contribution in [0.1, 0.15) is 57.1 Å². The van der Waals surface area contributed by atoms with E-state index in [1.807, 2.05) is 31.2 Å². The third-order valence-corrected chi connectivity index (χ3v) is 12.9. The predicted molar refractivity (Wildman–Crippen MR) is 561 cm³/mol. The molecule has 0 saturated carbocycles. The van der Waals surface area contributed by atoms with Gasteiger partial charge in [0, 0.05) is 530 Å². The largest absolute Gasteiger partial charge is 0.370 e. The Morgan fingerprint density at radius 2 is 0.465 bits per heavy atom. The fourth-order valence-electron chi connectivity index (χ4n) is 7.51. The Morgan fingerprint density at radius 3 is 0.634 bits per heavy atom. The summed E-state index contributed by atoms with van der Waals surface area (Å²) < 4.78 is 0. The van der Waals surface area contributed by atoms with Crippen LogP contribution in [0.2, 0.25) is 0 Å². The van der Waals surface area contributed by atoms with Crippen LogP contribution < -0.4 is 22.5 Å². The van der Waals surface area contributed by atoms with Gasteiger partial charge in [0.2, 0.25) is 17.7 Å². The minimum absolute atomic E-state index is 0. The molecule has 2 heterocycles. The number of hydrogen-bond acceptors (Lipinski definition) is 6. The maximum absolute atomic E-state index is 11.8. The molecule has 1 spiro atoms. The highest BCUT2D eigenvalue weighted by Gasteiger charge is 2.45. The van der Waals surface area contributed by atoms with Crippen LogP contribution in [0.25, 0.3) is 0 Å². The molecule has 10 heteroatoms. The quantitative estimate of drug-likeness (QED) is 0.314. The van der Waals surface area contributed by atoms with Crippen molar-refractivity contribution in [2.75, 3.05) is 33.2 Å². The number of piperidine rings is 1. The van der Waals surface area contributed by atoms with E-state index in [2.05, 4.69) is 668 Å². The Bertz CT molecular complexity index is 8990. The predicted octanol–water partition coefficient (Wildman–Crippen LogP) is 2.98. The van der Waals surface area contributed by atoms with Gasteiger partial charge in [0.05, 0.1) is 18.8 Å². The van der Waals surface area contributed by atoms with Crippen molar-refractivity contribution < 1.29 is 14.4 Å². The fraction of sp³-hybridized carbons (Fsp3) is 0.114. The van der Waals surface area contributed by atoms with Gasteiger partial charge in [0.1, 0.15) is 0 Å². The molecule has 0 aromatic heterocycles. The van der Waals surface area contributed by atoms with Crippen molar-refractivity contribution in [3.8, 4) is 604 Å². The lowest BCUT2D eigenvalue weighted by atomic mass is 9.96. The van der Waals surface area contributed by atoms with Crippen LogP contribution in [-0.2, 0) is 27.3 Å². The molecule has 4 rings (SSSR count). The second kappa shape index (κ2) is 96.2. The molecule has 2 aromatic carbocycles. The van der Waals surface area contributed by atoms with Gasteiger partial charge < -0.3 is 27.4 Å². The first kappa shape index (κ1) is 117. The number of rotatable bonds is 7. The molecule has 2 fully saturated rings. The van der Waals surface area contributed by atoms with E-state index >= 15 is 0 Å². The SMILES string of the molecule is CC#CC#CC#CC#CC#CC#CC#CC#CC#CC#CC#CC#CC#CC#CC#CC#CC#CC#CC#CC#CC#CC#CC#CC#CC#CC#CC#CC#CC#CC#CC#CC#CC#CC#CC#CC#CC#CC#CC#CC#CC#CC#CC#CC#CC#CC#CC#CC#CC#CC#CC#CCC.CN1CCC2(CC1)NC(=O)CN2Cc1ccccc1.Cl.NC(=O)CCCc1ccccc1.NCC(N)=O. The number of primary amides is 2. The highest BCUT2D eigenvalue weighted by atomic mass is 35.5. The zero-order valence-electron chi connectivity index (χ0n) is 75.3. The third-order valence-electron chi connectivity index (χ3n) is 12.9. The minimum atomic E-state index is -0.468. The van der Waals surface area contributed by atoms with E-state index in [0.717, 1.165) is 51.7 Å². The number of carbonyl (C=O) groups is 3. The lowest BCUT2D eigenvalue weighted by Gasteiger charge is -2.43. The Labute approximate surface area is 844 Å². The molecule has 2 aromatic rings. The van der Waals surface area contributed by atoms with E-state index in [4.69, 9.17) is 11.5 Å². The topological polar surface area (TPSA) is 148 Å². The number of nitrogens with one attached hydrogen (secondary N) is 1. The van der Waals surface area contributed by atoms with Crippen LogP contribution in [0.5, 0.6) is 0 Å². The Hall–Kier alpha value is -25.4. The Kier molecular flexibility index (Phi) is 79.0. The van der Waals surface area contributed by atoms with Crippen LogP contribution in [0, 0.1) is 604 Å². The number of benzene rings is 2. The molecular weight excluding hydrogens is 1750 g/mol. The van der Waals surface area contributed by atoms with Crippen molar-refractivity contribution in [3.05, 3.63) is 71.8 Å². The molecule has 2 aliphatic heterocycles. The molecule has 0 unspecified atom stereocenters. The van der Waals surface area contributed by atoms with E-state index in [-0.39, 0.29) is 36.4 Å². The highest BCUT2D eigenvalue weighted by molar-refractivity contribution is 5.85. The first-order chi connectivity index (χ1) is 69.7. The van der Waals surface area contributed by atoms with Gasteiger partial charge in [0.15, 0.2) is 0 Å². The van der Waals surface area contributed by atoms with Crippen molar-refractivity contribution in [1.82, 2.24) is 15.1 Å². The first-order valence-electron chi connectivity index (χ1n) is 39.1. The second-order valence-corrected chi connectivity index (χ2v) is 22.5. The molecule has 0 bridgehead atoms. The van der Waals surface area contributed by atoms with Gasteiger partial charge >= 0.3 is 0 Å². The van der Waals surface area contributed by atoms with Crippen molar-refractivity contribution in [2.24, 2.45) is 17.2 Å². The highest BCUT2D eigenvalue weighted by Crippen LogP contribution is 2.31. The standard InChI is InChI=1S/C105H8.C15H21N3O.C10H13NO.C2H6N2O.ClH/c1-3-5-7-9-11-13-15-17-19-21-23-25-27-29-31-33-35-37-39-41-43-45-47-49-51-53-55-57-59-61-63-65-67-69-71-73-75-77-79-81-83-85-87-89-91-93-95-97-99-101-103-105-104-102-100-98-96-94-92-90-88-86-84-82-80-78-76-74-72-70-68-66-64-62-60-58-56-54-52-50-48-46-44-42-40-38-36-34-32-30-28-26-24-22-20-18-16-14-12-10-8-6-4-2;1-17-9-7-15(8-10-17)16-14(19)12-18(15)11-13-5-3-2-4-6-13;11-10(12)8-4-7-9-5-2-1-3-6-9;3-1-2(4)5;/h3H2,1-2H3;2-6H,7-12H2,1H3,(H,16,19);1-3,5-6H,4,7-8H2,(H2,11,12);1,3H2,(H2,4,5);1H. The lowest BCUT2D eigenvalue weighted by molar-refractivity contribution is -0.119. The molecule has 0 atom stereocenters. The molecular formula is C132H49ClN6O3. The summed E-state index contributed by atoms with van der Waals surface area (Å²) in [6.07, 6.45) is 5.03. The summed E-state index contributed by atoms with van der Waals surface area (Å²) in [4.78, 5) is 36.4. The number of aryl methyl sites for hydroxylation is 1. The number of carbonyl (C=O) groups excluding carboxylic acids is 3. The van der Waals surface area contributed by atoms with Gasteiger partial charge in [0.25, 0.3) is 0 Å². The molecule has 3 amide bonds. The van der Waals surface area contributed by atoms with Gasteiger partial charge in [-0.1, -0.05) is 79.4 Å². The van der Waals surface area contributed by atoms with Crippen LogP contribution in [-0.4, -0.2) is 66.4 Å². The number of nitrogens with zero attached hydrogens (tertiary/aromatic N) is 2. The van der Waals surface area contributed by atoms with Gasteiger partial charge in [-0.25, -0.2) is 0 Å². The number of amides is 3. The smallest absolute Gasteiger partial charge is 0.235 e. The molecule has 2 saturated heterocycles. The van der Waals surface area contributed by atoms with Gasteiger partial charge in [-0.3, -0.25) is 19.3 Å². The summed E-state index contributed by atoms with van der Waals surface area (Å²) in [7, 11) is 2.14. The van der Waals surface area contributed by atoms with E-state index in [9.17, 15) is 14.4 Å². The van der Waals surface area contributed by atoms with Crippen LogP contribution in [0.15, 0.2) is 60.7 Å². The maximum Gasteiger partial charge on any atom is 0.235 e. The van der Waals surface area contributed by atoms with Gasteiger partial charge in [-0.2, -0.15) is 0 Å². The zero-order valence-corrected chi connectivity index (χ0v) is 76.1.